The molecule has 3 aromatic rings. The number of hydrogen-bond donors (Lipinski definition) is 3. The maximum absolute atomic E-state index is 12.0. The van der Waals surface area contributed by atoms with E-state index in [0.29, 0.717) is 17.3 Å². The van der Waals surface area contributed by atoms with E-state index in [1.165, 1.54) is 17.3 Å². The minimum atomic E-state index is -0.169. The van der Waals surface area contributed by atoms with Gasteiger partial charge in [0.15, 0.2) is 0 Å². The maximum Gasteiger partial charge on any atom is 0.246 e. The largest absolute Gasteiger partial charge is 0.370 e. The van der Waals surface area contributed by atoms with Gasteiger partial charge in [-0.1, -0.05) is 0 Å². The number of hydrogen-bond acceptors (Lipinski definition) is 7. The van der Waals surface area contributed by atoms with E-state index in [9.17, 15) is 4.79 Å². The van der Waals surface area contributed by atoms with Crippen LogP contribution in [0, 0.1) is 6.92 Å². The Labute approximate surface area is 150 Å². The summed E-state index contributed by atoms with van der Waals surface area (Å²) in [5.41, 5.74) is 1.56. The SMILES string of the molecule is CCNc1cc(Nc2ccc(NC(=O)Cn3cncn3)cc2)nc(C)n1. The third kappa shape index (κ3) is 4.76. The molecule has 2 heterocycles. The van der Waals surface area contributed by atoms with Crippen molar-refractivity contribution < 1.29 is 4.79 Å². The number of amides is 1. The van der Waals surface area contributed by atoms with E-state index < -0.39 is 0 Å². The quantitative estimate of drug-likeness (QED) is 0.598. The van der Waals surface area contributed by atoms with Crippen LogP contribution in [0.4, 0.5) is 23.0 Å². The molecule has 0 bridgehead atoms. The fourth-order valence-corrected chi connectivity index (χ4v) is 2.35. The summed E-state index contributed by atoms with van der Waals surface area (Å²) in [5.74, 6) is 2.00. The van der Waals surface area contributed by atoms with Crippen LogP contribution in [-0.4, -0.2) is 37.2 Å². The van der Waals surface area contributed by atoms with Gasteiger partial charge in [0.1, 0.15) is 36.7 Å². The zero-order chi connectivity index (χ0) is 18.4. The molecule has 9 heteroatoms. The molecule has 0 fully saturated rings. The van der Waals surface area contributed by atoms with Gasteiger partial charge in [-0.25, -0.2) is 19.6 Å². The van der Waals surface area contributed by atoms with E-state index in [1.807, 2.05) is 44.2 Å². The molecule has 0 saturated heterocycles. The normalized spacial score (nSPS) is 10.4. The van der Waals surface area contributed by atoms with Gasteiger partial charge in [-0.3, -0.25) is 4.79 Å². The molecule has 26 heavy (non-hydrogen) atoms. The van der Waals surface area contributed by atoms with E-state index in [0.717, 1.165) is 18.1 Å². The van der Waals surface area contributed by atoms with E-state index in [4.69, 9.17) is 0 Å². The van der Waals surface area contributed by atoms with Crippen LogP contribution in [-0.2, 0) is 11.3 Å². The summed E-state index contributed by atoms with van der Waals surface area (Å²) in [5, 5.41) is 13.1. The summed E-state index contributed by atoms with van der Waals surface area (Å²) in [6.07, 6.45) is 2.89. The molecule has 9 nitrogen and oxygen atoms in total. The molecule has 134 valence electrons. The fourth-order valence-electron chi connectivity index (χ4n) is 2.35. The summed E-state index contributed by atoms with van der Waals surface area (Å²) < 4.78 is 1.46. The first kappa shape index (κ1) is 17.3. The van der Waals surface area contributed by atoms with Gasteiger partial charge in [-0.2, -0.15) is 5.10 Å². The second kappa shape index (κ2) is 8.06. The van der Waals surface area contributed by atoms with Crippen molar-refractivity contribution in [2.24, 2.45) is 0 Å². The second-order valence-electron chi connectivity index (χ2n) is 5.56. The molecule has 2 aromatic heterocycles. The topological polar surface area (TPSA) is 110 Å². The number of benzene rings is 1. The Kier molecular flexibility index (Phi) is 5.37. The van der Waals surface area contributed by atoms with Crippen molar-refractivity contribution in [3.8, 4) is 0 Å². The second-order valence-corrected chi connectivity index (χ2v) is 5.56. The summed E-state index contributed by atoms with van der Waals surface area (Å²) in [6.45, 7) is 4.77. The number of aromatic nitrogens is 5. The van der Waals surface area contributed by atoms with E-state index >= 15 is 0 Å². The lowest BCUT2D eigenvalue weighted by Crippen LogP contribution is -2.18. The van der Waals surface area contributed by atoms with E-state index in [-0.39, 0.29) is 12.5 Å². The molecule has 0 unspecified atom stereocenters. The first-order valence-corrected chi connectivity index (χ1v) is 8.21. The zero-order valence-corrected chi connectivity index (χ0v) is 14.6. The first-order valence-electron chi connectivity index (χ1n) is 8.21. The third-order valence-electron chi connectivity index (χ3n) is 3.41. The molecule has 0 aliphatic rings. The summed E-state index contributed by atoms with van der Waals surface area (Å²) in [7, 11) is 0. The Hall–Kier alpha value is -3.49. The number of aryl methyl sites for hydroxylation is 1. The Bertz CT molecular complexity index is 861. The predicted molar refractivity (Wildman–Crippen MR) is 99.3 cm³/mol. The lowest BCUT2D eigenvalue weighted by atomic mass is 10.2. The van der Waals surface area contributed by atoms with Gasteiger partial charge in [0.05, 0.1) is 0 Å². The number of anilines is 4. The van der Waals surface area contributed by atoms with Crippen LogP contribution in [0.15, 0.2) is 43.0 Å². The minimum absolute atomic E-state index is 0.118. The van der Waals surface area contributed by atoms with Gasteiger partial charge < -0.3 is 16.0 Å². The van der Waals surface area contributed by atoms with Crippen LogP contribution in [0.1, 0.15) is 12.7 Å². The molecule has 0 aliphatic carbocycles. The molecular formula is C17H20N8O. The summed E-state index contributed by atoms with van der Waals surface area (Å²) in [4.78, 5) is 24.5. The molecule has 1 aromatic carbocycles. The molecule has 0 spiro atoms. The Morgan fingerprint density at radius 1 is 1.12 bits per heavy atom. The zero-order valence-electron chi connectivity index (χ0n) is 14.6. The molecule has 1 amide bonds. The van der Waals surface area contributed by atoms with E-state index in [2.05, 4.69) is 36.0 Å². The smallest absolute Gasteiger partial charge is 0.246 e. The maximum atomic E-state index is 12.0. The number of carbonyl (C=O) groups is 1. The van der Waals surface area contributed by atoms with Crippen molar-refractivity contribution in [1.29, 1.82) is 0 Å². The molecule has 3 N–H and O–H groups in total. The summed E-state index contributed by atoms with van der Waals surface area (Å²) >= 11 is 0. The summed E-state index contributed by atoms with van der Waals surface area (Å²) in [6, 6.07) is 9.23. The van der Waals surface area contributed by atoms with Gasteiger partial charge in [0.2, 0.25) is 5.91 Å². The number of rotatable bonds is 7. The molecule has 0 atom stereocenters. The number of carbonyl (C=O) groups excluding carboxylic acids is 1. The van der Waals surface area contributed by atoms with Gasteiger partial charge in [0, 0.05) is 24.0 Å². The molecule has 0 saturated carbocycles. The van der Waals surface area contributed by atoms with Gasteiger partial charge in [-0.15, -0.1) is 0 Å². The minimum Gasteiger partial charge on any atom is -0.370 e. The van der Waals surface area contributed by atoms with Crippen molar-refractivity contribution in [3.05, 3.63) is 48.8 Å². The lowest BCUT2D eigenvalue weighted by Gasteiger charge is -2.10. The van der Waals surface area contributed by atoms with Gasteiger partial charge >= 0.3 is 0 Å². The fraction of sp³-hybridized carbons (Fsp3) is 0.235. The molecular weight excluding hydrogens is 332 g/mol. The van der Waals surface area contributed by atoms with Crippen molar-refractivity contribution in [2.75, 3.05) is 22.5 Å². The average Bonchev–Trinajstić information content (AvgIpc) is 3.09. The third-order valence-corrected chi connectivity index (χ3v) is 3.41. The number of nitrogens with one attached hydrogen (secondary N) is 3. The van der Waals surface area contributed by atoms with Crippen molar-refractivity contribution in [1.82, 2.24) is 24.7 Å². The molecule has 0 radical (unpaired) electrons. The lowest BCUT2D eigenvalue weighted by molar-refractivity contribution is -0.116. The first-order chi connectivity index (χ1) is 12.6. The molecule has 0 aliphatic heterocycles. The highest BCUT2D eigenvalue weighted by atomic mass is 16.2. The van der Waals surface area contributed by atoms with Gasteiger partial charge in [-0.05, 0) is 38.1 Å². The Morgan fingerprint density at radius 3 is 2.54 bits per heavy atom. The monoisotopic (exact) mass is 352 g/mol. The van der Waals surface area contributed by atoms with Crippen LogP contribution in [0.3, 0.4) is 0 Å². The highest BCUT2D eigenvalue weighted by molar-refractivity contribution is 5.90. The van der Waals surface area contributed by atoms with Crippen molar-refractivity contribution in [2.45, 2.75) is 20.4 Å². The Balaban J connectivity index is 1.61. The van der Waals surface area contributed by atoms with Crippen molar-refractivity contribution in [3.63, 3.8) is 0 Å². The average molecular weight is 352 g/mol. The van der Waals surface area contributed by atoms with Crippen LogP contribution >= 0.6 is 0 Å². The highest BCUT2D eigenvalue weighted by Gasteiger charge is 2.05. The predicted octanol–water partition coefficient (Wildman–Crippen LogP) is 2.19. The van der Waals surface area contributed by atoms with Crippen molar-refractivity contribution >= 4 is 28.9 Å². The van der Waals surface area contributed by atoms with E-state index in [1.54, 1.807) is 0 Å². The van der Waals surface area contributed by atoms with Crippen LogP contribution in [0.25, 0.3) is 0 Å². The van der Waals surface area contributed by atoms with Gasteiger partial charge in [0.25, 0.3) is 0 Å². The Morgan fingerprint density at radius 2 is 1.85 bits per heavy atom. The van der Waals surface area contributed by atoms with Crippen LogP contribution < -0.4 is 16.0 Å². The number of nitrogens with zero attached hydrogens (tertiary/aromatic N) is 5. The highest BCUT2D eigenvalue weighted by Crippen LogP contribution is 2.19. The molecule has 3 rings (SSSR count). The van der Waals surface area contributed by atoms with Crippen LogP contribution in [0.2, 0.25) is 0 Å². The standard InChI is InChI=1S/C17H20N8O/c1-3-19-15-8-16(22-12(2)21-15)23-13-4-6-14(7-5-13)24-17(26)9-25-11-18-10-20-25/h4-8,10-11H,3,9H2,1-2H3,(H,24,26)(H2,19,21,22,23). The van der Waals surface area contributed by atoms with Crippen LogP contribution in [0.5, 0.6) is 0 Å².